The number of carboxylic acids is 1. The molecule has 3 rings (SSSR count). The number of hydrogen-bond acceptors (Lipinski definition) is 6. The second-order valence-electron chi connectivity index (χ2n) is 6.39. The number of rotatable bonds is 7. The van der Waals surface area contributed by atoms with E-state index in [9.17, 15) is 14.7 Å². The minimum absolute atomic E-state index is 0.00589. The Morgan fingerprint density at radius 1 is 1.18 bits per heavy atom. The number of carboxylic acid groups (broad SMARTS) is 1. The highest BCUT2D eigenvalue weighted by molar-refractivity contribution is 5.88. The maximum Gasteiger partial charge on any atom is 0.235 e. The van der Waals surface area contributed by atoms with Crippen LogP contribution in [0.3, 0.4) is 0 Å². The molecule has 0 amide bonds. The summed E-state index contributed by atoms with van der Waals surface area (Å²) in [5, 5.41) is 11.5. The molecule has 1 aromatic heterocycles. The van der Waals surface area contributed by atoms with Crippen molar-refractivity contribution in [1.29, 1.82) is 0 Å². The number of benzene rings is 2. The van der Waals surface area contributed by atoms with E-state index in [1.165, 1.54) is 18.4 Å². The highest BCUT2D eigenvalue weighted by Crippen LogP contribution is 2.26. The molecule has 144 valence electrons. The lowest BCUT2D eigenvalue weighted by Gasteiger charge is -2.12. The Balaban J connectivity index is 1.91. The number of hydrogen-bond donors (Lipinski definition) is 0. The van der Waals surface area contributed by atoms with Crippen molar-refractivity contribution in [2.24, 2.45) is 0 Å². The molecule has 0 aliphatic heterocycles. The fourth-order valence-electron chi connectivity index (χ4n) is 2.71. The lowest BCUT2D eigenvalue weighted by Crippen LogP contribution is -2.23. The number of fused-ring (bicyclic) bond motifs is 1. The molecule has 28 heavy (non-hydrogen) atoms. The second kappa shape index (κ2) is 8.00. The zero-order chi connectivity index (χ0) is 20.3. The van der Waals surface area contributed by atoms with Gasteiger partial charge < -0.3 is 23.8 Å². The van der Waals surface area contributed by atoms with Crippen molar-refractivity contribution in [1.82, 2.24) is 0 Å². The van der Waals surface area contributed by atoms with Gasteiger partial charge in [0.05, 0.1) is 11.4 Å². The van der Waals surface area contributed by atoms with Crippen molar-refractivity contribution in [2.45, 2.75) is 20.3 Å². The monoisotopic (exact) mass is 379 g/mol. The van der Waals surface area contributed by atoms with E-state index in [0.29, 0.717) is 41.1 Å². The molecule has 0 bridgehead atoms. The molecule has 0 aliphatic rings. The standard InChI is InChI=1S/C22H20O6/c1-4-14-9-16(6-7-17(14)22(24)25)28-20-12-27-19-10-15(26-11-13(2)3)5-8-18(19)21(20)23/h5-10,12H,2,4,11H2,1,3H3,(H,24,25)/p-1. The molecule has 3 aromatic rings. The summed E-state index contributed by atoms with van der Waals surface area (Å²) in [6, 6.07) is 9.37. The molecule has 6 heteroatoms. The van der Waals surface area contributed by atoms with Crippen molar-refractivity contribution in [3.05, 3.63) is 76.2 Å². The smallest absolute Gasteiger partial charge is 0.235 e. The average molecular weight is 379 g/mol. The van der Waals surface area contributed by atoms with E-state index in [0.717, 1.165) is 5.57 Å². The normalized spacial score (nSPS) is 10.6. The average Bonchev–Trinajstić information content (AvgIpc) is 2.68. The fraction of sp³-hybridized carbons (Fsp3) is 0.182. The summed E-state index contributed by atoms with van der Waals surface area (Å²) in [5.74, 6) is -0.336. The van der Waals surface area contributed by atoms with Crippen molar-refractivity contribution in [3.8, 4) is 17.2 Å². The first-order valence-electron chi connectivity index (χ1n) is 8.74. The van der Waals surface area contributed by atoms with Crippen LogP contribution in [0.4, 0.5) is 0 Å². The molecule has 1 heterocycles. The van der Waals surface area contributed by atoms with Gasteiger partial charge in [0.1, 0.15) is 30.0 Å². The molecular formula is C22H19O6-. The lowest BCUT2D eigenvalue weighted by molar-refractivity contribution is -0.255. The SMILES string of the molecule is C=C(C)COc1ccc2c(=O)c(Oc3ccc(C(=O)[O-])c(CC)c3)coc2c1. The van der Waals surface area contributed by atoms with Gasteiger partial charge in [0.15, 0.2) is 0 Å². The number of aromatic carboxylic acids is 1. The van der Waals surface area contributed by atoms with E-state index < -0.39 is 5.97 Å². The Labute approximate surface area is 161 Å². The summed E-state index contributed by atoms with van der Waals surface area (Å²) in [6.07, 6.45) is 1.71. The number of ether oxygens (including phenoxy) is 2. The molecular weight excluding hydrogens is 360 g/mol. The van der Waals surface area contributed by atoms with Gasteiger partial charge >= 0.3 is 0 Å². The van der Waals surface area contributed by atoms with Crippen molar-refractivity contribution in [2.75, 3.05) is 6.61 Å². The number of carbonyl (C=O) groups is 1. The highest BCUT2D eigenvalue weighted by atomic mass is 16.5. The maximum absolute atomic E-state index is 12.7. The molecule has 0 N–H and O–H groups in total. The third-order valence-electron chi connectivity index (χ3n) is 4.10. The van der Waals surface area contributed by atoms with Crippen LogP contribution in [0.25, 0.3) is 11.0 Å². The van der Waals surface area contributed by atoms with Gasteiger partial charge in [-0.3, -0.25) is 4.79 Å². The predicted octanol–water partition coefficient (Wildman–Crippen LogP) is 3.47. The summed E-state index contributed by atoms with van der Waals surface area (Å²) < 4.78 is 16.7. The third-order valence-corrected chi connectivity index (χ3v) is 4.10. The highest BCUT2D eigenvalue weighted by Gasteiger charge is 2.12. The Bertz CT molecular complexity index is 1110. The maximum atomic E-state index is 12.7. The van der Waals surface area contributed by atoms with Crippen molar-refractivity contribution in [3.63, 3.8) is 0 Å². The first kappa shape index (κ1) is 19.2. The Morgan fingerprint density at radius 3 is 2.61 bits per heavy atom. The molecule has 0 atom stereocenters. The summed E-state index contributed by atoms with van der Waals surface area (Å²) in [4.78, 5) is 23.8. The molecule has 0 saturated heterocycles. The topological polar surface area (TPSA) is 88.8 Å². The molecule has 0 spiro atoms. The van der Waals surface area contributed by atoms with Gasteiger partial charge in [0, 0.05) is 11.6 Å². The van der Waals surface area contributed by atoms with Crippen LogP contribution >= 0.6 is 0 Å². The Hall–Kier alpha value is -3.54. The van der Waals surface area contributed by atoms with E-state index in [4.69, 9.17) is 13.9 Å². The minimum atomic E-state index is -1.25. The van der Waals surface area contributed by atoms with Crippen LogP contribution in [0.15, 0.2) is 64.0 Å². The van der Waals surface area contributed by atoms with E-state index in [1.54, 1.807) is 24.3 Å². The first-order chi connectivity index (χ1) is 13.4. The van der Waals surface area contributed by atoms with Crippen LogP contribution in [0.5, 0.6) is 17.2 Å². The second-order valence-corrected chi connectivity index (χ2v) is 6.39. The van der Waals surface area contributed by atoms with Gasteiger partial charge in [-0.05, 0) is 54.8 Å². The largest absolute Gasteiger partial charge is 0.545 e. The van der Waals surface area contributed by atoms with Crippen LogP contribution < -0.4 is 20.0 Å². The van der Waals surface area contributed by atoms with E-state index >= 15 is 0 Å². The van der Waals surface area contributed by atoms with Gasteiger partial charge in [-0.15, -0.1) is 0 Å². The first-order valence-corrected chi connectivity index (χ1v) is 8.74. The van der Waals surface area contributed by atoms with Crippen molar-refractivity contribution < 1.29 is 23.8 Å². The van der Waals surface area contributed by atoms with Gasteiger partial charge in [0.2, 0.25) is 11.2 Å². The van der Waals surface area contributed by atoms with Crippen LogP contribution in [0, 0.1) is 0 Å². The van der Waals surface area contributed by atoms with Crippen LogP contribution in [0.2, 0.25) is 0 Å². The molecule has 6 nitrogen and oxygen atoms in total. The predicted molar refractivity (Wildman–Crippen MR) is 103 cm³/mol. The lowest BCUT2D eigenvalue weighted by atomic mass is 10.1. The van der Waals surface area contributed by atoms with E-state index in [2.05, 4.69) is 6.58 Å². The van der Waals surface area contributed by atoms with Gasteiger partial charge in [-0.25, -0.2) is 0 Å². The van der Waals surface area contributed by atoms with Crippen LogP contribution in [-0.4, -0.2) is 12.6 Å². The number of aryl methyl sites for hydroxylation is 1. The zero-order valence-corrected chi connectivity index (χ0v) is 15.6. The number of carbonyl (C=O) groups excluding carboxylic acids is 1. The molecule has 0 fully saturated rings. The fourth-order valence-corrected chi connectivity index (χ4v) is 2.71. The van der Waals surface area contributed by atoms with Gasteiger partial charge in [-0.1, -0.05) is 13.5 Å². The zero-order valence-electron chi connectivity index (χ0n) is 15.6. The molecule has 0 aliphatic carbocycles. The molecule has 2 aromatic carbocycles. The van der Waals surface area contributed by atoms with E-state index in [-0.39, 0.29) is 16.7 Å². The molecule has 0 unspecified atom stereocenters. The minimum Gasteiger partial charge on any atom is -0.545 e. The van der Waals surface area contributed by atoms with E-state index in [1.807, 2.05) is 13.8 Å². The molecule has 0 radical (unpaired) electrons. The summed E-state index contributed by atoms with van der Waals surface area (Å²) in [6.45, 7) is 7.83. The van der Waals surface area contributed by atoms with Crippen LogP contribution in [-0.2, 0) is 6.42 Å². The quantitative estimate of drug-likeness (QED) is 0.584. The van der Waals surface area contributed by atoms with Gasteiger partial charge in [-0.2, -0.15) is 0 Å². The molecule has 0 saturated carbocycles. The summed E-state index contributed by atoms with van der Waals surface area (Å²) >= 11 is 0. The van der Waals surface area contributed by atoms with Crippen molar-refractivity contribution >= 4 is 16.9 Å². The van der Waals surface area contributed by atoms with Gasteiger partial charge in [0.25, 0.3) is 0 Å². The Morgan fingerprint density at radius 2 is 1.93 bits per heavy atom. The van der Waals surface area contributed by atoms with Crippen LogP contribution in [0.1, 0.15) is 29.8 Å². The third kappa shape index (κ3) is 4.06. The Kier molecular flexibility index (Phi) is 5.49. The summed E-state index contributed by atoms with van der Waals surface area (Å²) in [5.41, 5.74) is 1.57. The summed E-state index contributed by atoms with van der Waals surface area (Å²) in [7, 11) is 0.